The maximum Gasteiger partial charge on any atom is 0.321 e. The van der Waals surface area contributed by atoms with Crippen LogP contribution in [-0.4, -0.2) is 53.6 Å². The van der Waals surface area contributed by atoms with E-state index in [4.69, 9.17) is 0 Å². The van der Waals surface area contributed by atoms with Gasteiger partial charge in [-0.05, 0) is 30.8 Å². The number of hydrogen-bond donors (Lipinski definition) is 5. The van der Waals surface area contributed by atoms with E-state index >= 15 is 0 Å². The molecule has 0 aliphatic heterocycles. The summed E-state index contributed by atoms with van der Waals surface area (Å²) in [4.78, 5) is 23.7. The van der Waals surface area contributed by atoms with Crippen LogP contribution in [0.15, 0.2) is 36.4 Å². The van der Waals surface area contributed by atoms with Crippen molar-refractivity contribution in [1.82, 2.24) is 10.2 Å². The van der Waals surface area contributed by atoms with Gasteiger partial charge in [0.25, 0.3) is 5.69 Å². The Kier molecular flexibility index (Phi) is 7.12. The number of hydrogen-bond acceptors (Lipinski definition) is 7. The predicted octanol–water partition coefficient (Wildman–Crippen LogP) is 2.47. The number of rotatable bonds is 7. The number of aliphatic hydroxyl groups excluding tert-OH is 1. The van der Waals surface area contributed by atoms with E-state index in [0.29, 0.717) is 22.5 Å². The first kappa shape index (κ1) is 21.7. The molecule has 2 aromatic rings. The Bertz CT molecular complexity index is 929. The fourth-order valence-corrected chi connectivity index (χ4v) is 2.33. The van der Waals surface area contributed by atoms with Gasteiger partial charge in [0.1, 0.15) is 5.75 Å². The second-order valence-corrected chi connectivity index (χ2v) is 6.34. The molecule has 0 aromatic heterocycles. The third-order valence-corrected chi connectivity index (χ3v) is 3.87. The maximum absolute atomic E-state index is 11.7. The normalized spacial score (nSPS) is 11.9. The number of nitrogens with one attached hydrogen (secondary N) is 3. The van der Waals surface area contributed by atoms with Crippen LogP contribution < -0.4 is 16.0 Å². The summed E-state index contributed by atoms with van der Waals surface area (Å²) in [6.07, 6.45) is 2.11. The van der Waals surface area contributed by atoms with Gasteiger partial charge in [0.15, 0.2) is 6.35 Å². The molecule has 0 saturated carbocycles. The highest BCUT2D eigenvalue weighted by molar-refractivity contribution is 5.89. The number of nitrogens with zero attached hydrogens (tertiary/aromatic N) is 2. The minimum Gasteiger partial charge on any atom is -0.507 e. The fraction of sp³-hybridized carbons (Fsp3) is 0.211. The van der Waals surface area contributed by atoms with Gasteiger partial charge < -0.3 is 25.7 Å². The van der Waals surface area contributed by atoms with Crippen LogP contribution in [-0.2, 0) is 0 Å². The SMILES string of the molecule is CNC(O)Nc1cc(/C=C\c2ccc(NC(=O)N(C)C)cc2O)cc([N+](=O)[O-])c1. The number of nitro groups is 1. The molecule has 0 saturated heterocycles. The van der Waals surface area contributed by atoms with Crippen molar-refractivity contribution in [3.05, 3.63) is 57.6 Å². The number of amides is 2. The average molecular weight is 401 g/mol. The van der Waals surface area contributed by atoms with Crippen molar-refractivity contribution in [2.45, 2.75) is 6.35 Å². The molecule has 154 valence electrons. The monoisotopic (exact) mass is 401 g/mol. The number of phenolic OH excluding ortho intramolecular Hbond substituents is 1. The summed E-state index contributed by atoms with van der Waals surface area (Å²) in [6.45, 7) is 0. The van der Waals surface area contributed by atoms with Crippen LogP contribution in [0.2, 0.25) is 0 Å². The Morgan fingerprint density at radius 3 is 2.48 bits per heavy atom. The lowest BCUT2D eigenvalue weighted by atomic mass is 10.1. The number of carbonyl (C=O) groups is 1. The van der Waals surface area contributed by atoms with Crippen molar-refractivity contribution in [3.8, 4) is 5.75 Å². The Morgan fingerprint density at radius 2 is 1.90 bits per heavy atom. The van der Waals surface area contributed by atoms with Gasteiger partial charge in [0, 0.05) is 49.2 Å². The molecule has 5 N–H and O–H groups in total. The first-order chi connectivity index (χ1) is 13.7. The number of aliphatic hydroxyl groups is 1. The summed E-state index contributed by atoms with van der Waals surface area (Å²) >= 11 is 0. The molecule has 0 heterocycles. The summed E-state index contributed by atoms with van der Waals surface area (Å²) in [5.41, 5.74) is 1.59. The highest BCUT2D eigenvalue weighted by Crippen LogP contribution is 2.26. The molecule has 29 heavy (non-hydrogen) atoms. The van der Waals surface area contributed by atoms with E-state index in [1.165, 1.54) is 30.1 Å². The first-order valence-corrected chi connectivity index (χ1v) is 8.60. The molecular weight excluding hydrogens is 378 g/mol. The largest absolute Gasteiger partial charge is 0.507 e. The van der Waals surface area contributed by atoms with E-state index < -0.39 is 11.3 Å². The van der Waals surface area contributed by atoms with Gasteiger partial charge in [-0.3, -0.25) is 15.4 Å². The minimum absolute atomic E-state index is 0.0628. The van der Waals surface area contributed by atoms with Gasteiger partial charge in [-0.25, -0.2) is 4.79 Å². The van der Waals surface area contributed by atoms with Crippen LogP contribution in [0, 0.1) is 10.1 Å². The third kappa shape index (κ3) is 6.19. The van der Waals surface area contributed by atoms with Crippen LogP contribution in [0.5, 0.6) is 5.75 Å². The summed E-state index contributed by atoms with van der Waals surface area (Å²) in [6, 6.07) is 8.61. The molecule has 2 aromatic carbocycles. The number of aromatic hydroxyl groups is 1. The second kappa shape index (κ2) is 9.53. The van der Waals surface area contributed by atoms with Gasteiger partial charge in [-0.2, -0.15) is 0 Å². The topological polar surface area (TPSA) is 140 Å². The Labute approximate surface area is 167 Å². The smallest absolute Gasteiger partial charge is 0.321 e. The lowest BCUT2D eigenvalue weighted by Crippen LogP contribution is -2.32. The van der Waals surface area contributed by atoms with Crippen LogP contribution >= 0.6 is 0 Å². The van der Waals surface area contributed by atoms with E-state index in [0.717, 1.165) is 0 Å². The second-order valence-electron chi connectivity index (χ2n) is 6.34. The molecule has 0 fully saturated rings. The molecule has 0 aliphatic carbocycles. The molecule has 10 nitrogen and oxygen atoms in total. The van der Waals surface area contributed by atoms with Crippen LogP contribution in [0.3, 0.4) is 0 Å². The van der Waals surface area contributed by atoms with Crippen molar-refractivity contribution in [2.75, 3.05) is 31.8 Å². The molecule has 2 amide bonds. The Morgan fingerprint density at radius 1 is 1.17 bits per heavy atom. The highest BCUT2D eigenvalue weighted by atomic mass is 16.6. The number of phenols is 1. The molecule has 2 rings (SSSR count). The molecule has 0 spiro atoms. The zero-order chi connectivity index (χ0) is 21.6. The molecule has 1 unspecified atom stereocenters. The van der Waals surface area contributed by atoms with Crippen LogP contribution in [0.1, 0.15) is 11.1 Å². The number of nitro benzene ring substituents is 1. The molecule has 10 heteroatoms. The van der Waals surface area contributed by atoms with E-state index in [2.05, 4.69) is 16.0 Å². The van der Waals surface area contributed by atoms with Gasteiger partial charge >= 0.3 is 6.03 Å². The number of urea groups is 1. The van der Waals surface area contributed by atoms with E-state index in [1.807, 2.05) is 0 Å². The van der Waals surface area contributed by atoms with Gasteiger partial charge in [0.2, 0.25) is 0 Å². The van der Waals surface area contributed by atoms with Gasteiger partial charge in [-0.15, -0.1) is 0 Å². The molecule has 0 radical (unpaired) electrons. The zero-order valence-corrected chi connectivity index (χ0v) is 16.2. The minimum atomic E-state index is -1.07. The summed E-state index contributed by atoms with van der Waals surface area (Å²) in [7, 11) is 4.73. The van der Waals surface area contributed by atoms with Crippen molar-refractivity contribution in [2.24, 2.45) is 0 Å². The lowest BCUT2D eigenvalue weighted by molar-refractivity contribution is -0.384. The van der Waals surface area contributed by atoms with Gasteiger partial charge in [-0.1, -0.05) is 12.2 Å². The van der Waals surface area contributed by atoms with Gasteiger partial charge in [0.05, 0.1) is 4.92 Å². The van der Waals surface area contributed by atoms with Crippen molar-refractivity contribution in [3.63, 3.8) is 0 Å². The summed E-state index contributed by atoms with van der Waals surface area (Å²) in [5, 5.41) is 38.8. The van der Waals surface area contributed by atoms with Crippen LogP contribution in [0.25, 0.3) is 12.2 Å². The summed E-state index contributed by atoms with van der Waals surface area (Å²) < 4.78 is 0. The zero-order valence-electron chi connectivity index (χ0n) is 16.2. The first-order valence-electron chi connectivity index (χ1n) is 8.60. The predicted molar refractivity (Wildman–Crippen MR) is 112 cm³/mol. The molecule has 0 aliphatic rings. The van der Waals surface area contributed by atoms with Crippen molar-refractivity contribution >= 4 is 35.2 Å². The molecular formula is C19H23N5O5. The average Bonchev–Trinajstić information content (AvgIpc) is 2.66. The Hall–Kier alpha value is -3.63. The molecule has 1 atom stereocenters. The third-order valence-electron chi connectivity index (χ3n) is 3.87. The van der Waals surface area contributed by atoms with E-state index in [9.17, 15) is 25.1 Å². The Balaban J connectivity index is 2.26. The highest BCUT2D eigenvalue weighted by Gasteiger charge is 2.11. The number of carbonyl (C=O) groups excluding carboxylic acids is 1. The van der Waals surface area contributed by atoms with Crippen molar-refractivity contribution < 1.29 is 19.9 Å². The standard InChI is InChI=1S/C19H23N5O5/c1-20-18(26)21-15-8-12(9-16(10-15)24(28)29)4-5-13-6-7-14(11-17(13)25)22-19(27)23(2)3/h4-11,18,20-21,25-26H,1-3H3,(H,22,27)/b5-4-. The molecule has 0 bridgehead atoms. The van der Waals surface area contributed by atoms with Crippen LogP contribution in [0.4, 0.5) is 21.9 Å². The quantitative estimate of drug-likeness (QED) is 0.208. The van der Waals surface area contributed by atoms with E-state index in [-0.39, 0.29) is 17.5 Å². The summed E-state index contributed by atoms with van der Waals surface area (Å²) in [5.74, 6) is -0.0628. The van der Waals surface area contributed by atoms with Crippen molar-refractivity contribution in [1.29, 1.82) is 0 Å². The lowest BCUT2D eigenvalue weighted by Gasteiger charge is -2.13. The van der Waals surface area contributed by atoms with E-state index in [1.54, 1.807) is 44.4 Å². The fourth-order valence-electron chi connectivity index (χ4n) is 2.33. The maximum atomic E-state index is 11.7. The number of benzene rings is 2. The number of anilines is 2. The number of non-ortho nitro benzene ring substituents is 1.